The van der Waals surface area contributed by atoms with Crippen molar-refractivity contribution < 1.29 is 13.2 Å². The van der Waals surface area contributed by atoms with Gasteiger partial charge in [0.2, 0.25) is 0 Å². The largest absolute Gasteiger partial charge is 0.345 e. The smallest absolute Gasteiger partial charge is 0.261 e. The van der Waals surface area contributed by atoms with Crippen molar-refractivity contribution in [3.8, 4) is 0 Å². The highest BCUT2D eigenvalue weighted by Crippen LogP contribution is 2.25. The molecule has 0 aliphatic rings. The molecule has 0 saturated carbocycles. The number of rotatable bonds is 7. The third kappa shape index (κ3) is 5.16. The molecule has 0 radical (unpaired) electrons. The molecule has 3 aromatic rings. The average molecular weight is 429 g/mol. The summed E-state index contributed by atoms with van der Waals surface area (Å²) in [7, 11) is -3.73. The number of hydrogen-bond donors (Lipinski definition) is 2. The number of hydrogen-bond acceptors (Lipinski definition) is 3. The molecule has 0 bridgehead atoms. The van der Waals surface area contributed by atoms with E-state index < -0.39 is 10.0 Å². The molecule has 0 heterocycles. The Balaban J connectivity index is 1.76. The van der Waals surface area contributed by atoms with Crippen LogP contribution in [0.4, 0.5) is 5.69 Å². The van der Waals surface area contributed by atoms with Crippen molar-refractivity contribution in [2.75, 3.05) is 4.72 Å². The van der Waals surface area contributed by atoms with Crippen LogP contribution in [0, 0.1) is 0 Å². The first-order chi connectivity index (χ1) is 13.9. The van der Waals surface area contributed by atoms with Crippen LogP contribution in [0.15, 0.2) is 83.8 Å². The minimum absolute atomic E-state index is 0.143. The van der Waals surface area contributed by atoms with Gasteiger partial charge in [-0.1, -0.05) is 67.1 Å². The highest BCUT2D eigenvalue weighted by molar-refractivity contribution is 7.92. The Labute approximate surface area is 175 Å². The number of carbonyl (C=O) groups is 1. The van der Waals surface area contributed by atoms with E-state index >= 15 is 0 Å². The molecule has 3 aromatic carbocycles. The van der Waals surface area contributed by atoms with Crippen LogP contribution in [-0.4, -0.2) is 14.3 Å². The van der Waals surface area contributed by atoms with Gasteiger partial charge >= 0.3 is 0 Å². The van der Waals surface area contributed by atoms with E-state index in [-0.39, 0.29) is 33.1 Å². The van der Waals surface area contributed by atoms with Gasteiger partial charge in [0.1, 0.15) is 0 Å². The second kappa shape index (κ2) is 9.11. The van der Waals surface area contributed by atoms with Gasteiger partial charge in [-0.3, -0.25) is 9.52 Å². The highest BCUT2D eigenvalue weighted by atomic mass is 35.5. The summed E-state index contributed by atoms with van der Waals surface area (Å²) in [6.45, 7) is 1.99. The Bertz CT molecular complexity index is 1090. The lowest BCUT2D eigenvalue weighted by atomic mass is 10.0. The molecule has 0 aliphatic heterocycles. The molecule has 0 fully saturated rings. The molecule has 1 amide bonds. The lowest BCUT2D eigenvalue weighted by Crippen LogP contribution is -2.28. The SMILES string of the molecule is CC[C@@H](NC(=O)c1ccc(NS(=O)(=O)c2ccccc2)cc1Cl)c1ccccc1. The molecule has 3 rings (SSSR count). The second-order valence-corrected chi connectivity index (χ2v) is 8.55. The fourth-order valence-corrected chi connectivity index (χ4v) is 4.26. The molecule has 0 saturated heterocycles. The number of benzene rings is 3. The van der Waals surface area contributed by atoms with Crippen LogP contribution < -0.4 is 10.0 Å². The minimum Gasteiger partial charge on any atom is -0.345 e. The molecule has 5 nitrogen and oxygen atoms in total. The predicted molar refractivity (Wildman–Crippen MR) is 116 cm³/mol. The second-order valence-electron chi connectivity index (χ2n) is 6.46. The van der Waals surface area contributed by atoms with Gasteiger partial charge in [0.25, 0.3) is 15.9 Å². The maximum atomic E-state index is 12.7. The van der Waals surface area contributed by atoms with E-state index in [1.54, 1.807) is 18.2 Å². The zero-order valence-corrected chi connectivity index (χ0v) is 17.4. The third-order valence-corrected chi connectivity index (χ3v) is 6.14. The number of anilines is 1. The number of carbonyl (C=O) groups excluding carboxylic acids is 1. The first kappa shape index (κ1) is 20.9. The molecule has 0 aliphatic carbocycles. The van der Waals surface area contributed by atoms with Gasteiger partial charge < -0.3 is 5.32 Å². The fourth-order valence-electron chi connectivity index (χ4n) is 2.92. The monoisotopic (exact) mass is 428 g/mol. The highest BCUT2D eigenvalue weighted by Gasteiger charge is 2.18. The zero-order chi connectivity index (χ0) is 20.9. The van der Waals surface area contributed by atoms with Crippen LogP contribution in [0.5, 0.6) is 0 Å². The molecule has 0 spiro atoms. The fraction of sp³-hybridized carbons (Fsp3) is 0.136. The van der Waals surface area contributed by atoms with Gasteiger partial charge in [-0.2, -0.15) is 0 Å². The minimum atomic E-state index is -3.73. The Morgan fingerprint density at radius 1 is 0.966 bits per heavy atom. The van der Waals surface area contributed by atoms with E-state index in [0.29, 0.717) is 0 Å². The van der Waals surface area contributed by atoms with E-state index in [1.807, 2.05) is 37.3 Å². The van der Waals surface area contributed by atoms with E-state index in [4.69, 9.17) is 11.6 Å². The molecule has 0 unspecified atom stereocenters. The van der Waals surface area contributed by atoms with Gasteiger partial charge in [0.05, 0.1) is 27.2 Å². The van der Waals surface area contributed by atoms with Gasteiger partial charge in [-0.25, -0.2) is 8.42 Å². The lowest BCUT2D eigenvalue weighted by molar-refractivity contribution is 0.0935. The Kier molecular flexibility index (Phi) is 6.56. The van der Waals surface area contributed by atoms with Crippen LogP contribution in [0.2, 0.25) is 5.02 Å². The zero-order valence-electron chi connectivity index (χ0n) is 15.8. The third-order valence-electron chi connectivity index (χ3n) is 4.43. The standard InChI is InChI=1S/C22H21ClN2O3S/c1-2-21(16-9-5-3-6-10-16)24-22(26)19-14-13-17(15-20(19)23)25-29(27,28)18-11-7-4-8-12-18/h3-15,21,25H,2H2,1H3,(H,24,26)/t21-/m1/s1. The first-order valence-corrected chi connectivity index (χ1v) is 11.0. The molecule has 1 atom stereocenters. The van der Waals surface area contributed by atoms with Crippen molar-refractivity contribution in [2.45, 2.75) is 24.3 Å². The Morgan fingerprint density at radius 2 is 1.59 bits per heavy atom. The number of amides is 1. The Morgan fingerprint density at radius 3 is 2.17 bits per heavy atom. The van der Waals surface area contributed by atoms with E-state index in [0.717, 1.165) is 12.0 Å². The first-order valence-electron chi connectivity index (χ1n) is 9.14. The van der Waals surface area contributed by atoms with Crippen molar-refractivity contribution in [3.63, 3.8) is 0 Å². The normalized spacial score (nSPS) is 12.2. The van der Waals surface area contributed by atoms with E-state index in [2.05, 4.69) is 10.0 Å². The van der Waals surface area contributed by atoms with Crippen molar-refractivity contribution in [1.82, 2.24) is 5.32 Å². The molecular weight excluding hydrogens is 408 g/mol. The topological polar surface area (TPSA) is 75.3 Å². The molecule has 29 heavy (non-hydrogen) atoms. The summed E-state index contributed by atoms with van der Waals surface area (Å²) in [5.41, 5.74) is 1.57. The van der Waals surface area contributed by atoms with Crippen molar-refractivity contribution in [3.05, 3.63) is 95.0 Å². The lowest BCUT2D eigenvalue weighted by Gasteiger charge is -2.18. The summed E-state index contributed by atoms with van der Waals surface area (Å²) in [6.07, 6.45) is 0.725. The van der Waals surface area contributed by atoms with Crippen molar-refractivity contribution in [1.29, 1.82) is 0 Å². The summed E-state index contributed by atoms with van der Waals surface area (Å²) in [4.78, 5) is 12.8. The van der Waals surface area contributed by atoms with Crippen molar-refractivity contribution in [2.24, 2.45) is 0 Å². The predicted octanol–water partition coefficient (Wildman–Crippen LogP) is 5.02. The number of sulfonamides is 1. The average Bonchev–Trinajstić information content (AvgIpc) is 2.73. The van der Waals surface area contributed by atoms with Crippen LogP contribution >= 0.6 is 11.6 Å². The molecule has 2 N–H and O–H groups in total. The maximum Gasteiger partial charge on any atom is 0.261 e. The summed E-state index contributed by atoms with van der Waals surface area (Å²) >= 11 is 6.28. The molecule has 150 valence electrons. The molecule has 0 aromatic heterocycles. The van der Waals surface area contributed by atoms with Crippen LogP contribution in [-0.2, 0) is 10.0 Å². The number of halogens is 1. The quantitative estimate of drug-likeness (QED) is 0.554. The summed E-state index contributed by atoms with van der Waals surface area (Å²) in [6, 6.07) is 22.0. The van der Waals surface area contributed by atoms with Gasteiger partial charge in [0.15, 0.2) is 0 Å². The molecular formula is C22H21ClN2O3S. The van der Waals surface area contributed by atoms with Gasteiger partial charge in [0, 0.05) is 0 Å². The van der Waals surface area contributed by atoms with E-state index in [1.165, 1.54) is 30.3 Å². The summed E-state index contributed by atoms with van der Waals surface area (Å²) in [5.74, 6) is -0.317. The summed E-state index contributed by atoms with van der Waals surface area (Å²) < 4.78 is 27.4. The van der Waals surface area contributed by atoms with Crippen LogP contribution in [0.25, 0.3) is 0 Å². The number of nitrogens with one attached hydrogen (secondary N) is 2. The van der Waals surface area contributed by atoms with Crippen LogP contribution in [0.3, 0.4) is 0 Å². The summed E-state index contributed by atoms with van der Waals surface area (Å²) in [5, 5.41) is 3.14. The van der Waals surface area contributed by atoms with Crippen molar-refractivity contribution >= 4 is 33.2 Å². The van der Waals surface area contributed by atoms with Gasteiger partial charge in [-0.05, 0) is 42.3 Å². The molecule has 7 heteroatoms. The maximum absolute atomic E-state index is 12.7. The van der Waals surface area contributed by atoms with Gasteiger partial charge in [-0.15, -0.1) is 0 Å². The Hall–Kier alpha value is -2.83. The van der Waals surface area contributed by atoms with Crippen LogP contribution in [0.1, 0.15) is 35.3 Å². The van der Waals surface area contributed by atoms with E-state index in [9.17, 15) is 13.2 Å².